The van der Waals surface area contributed by atoms with E-state index in [4.69, 9.17) is 10.8 Å². The highest BCUT2D eigenvalue weighted by Crippen LogP contribution is 2.20. The molecule has 1 aromatic rings. The molecule has 0 amide bonds. The van der Waals surface area contributed by atoms with Gasteiger partial charge in [0.2, 0.25) is 0 Å². The number of allylic oxidation sites excluding steroid dienone is 1. The minimum Gasteiger partial charge on any atom is -0.512 e. The van der Waals surface area contributed by atoms with Gasteiger partial charge in [-0.2, -0.15) is 8.42 Å². The molecule has 0 atom stereocenters. The predicted molar refractivity (Wildman–Crippen MR) is 75.8 cm³/mol. The number of anilines is 1. The van der Waals surface area contributed by atoms with Gasteiger partial charge in [-0.1, -0.05) is 0 Å². The quantitative estimate of drug-likeness (QED) is 0.437. The zero-order valence-electron chi connectivity index (χ0n) is 11.1. The molecule has 0 aliphatic carbocycles. The van der Waals surface area contributed by atoms with Crippen LogP contribution in [0.5, 0.6) is 0 Å². The standard InChI is InChI=1S/C12H16FN3O3S/c1-3-15-9-4-5-11(10(13)7-9)20(18,19)16-12(14)6-8(2)17/h4-7,15,17H,3H2,1-2H3,(H2,14,16)/b8-6-. The molecule has 0 aliphatic rings. The first kappa shape index (κ1) is 16.0. The topological polar surface area (TPSA) is 105 Å². The van der Waals surface area contributed by atoms with Crippen LogP contribution >= 0.6 is 0 Å². The molecular weight excluding hydrogens is 285 g/mol. The Hall–Kier alpha value is -2.09. The van der Waals surface area contributed by atoms with Crippen molar-refractivity contribution in [1.82, 2.24) is 0 Å². The lowest BCUT2D eigenvalue weighted by Crippen LogP contribution is -2.13. The molecule has 0 unspecified atom stereocenters. The van der Waals surface area contributed by atoms with Crippen LogP contribution in [0.3, 0.4) is 0 Å². The molecule has 0 radical (unpaired) electrons. The molecule has 0 bridgehead atoms. The molecule has 8 heteroatoms. The highest BCUT2D eigenvalue weighted by Gasteiger charge is 2.18. The van der Waals surface area contributed by atoms with Crippen molar-refractivity contribution < 1.29 is 17.9 Å². The Labute approximate surface area is 116 Å². The minimum absolute atomic E-state index is 0.204. The van der Waals surface area contributed by atoms with E-state index in [0.717, 1.165) is 18.2 Å². The van der Waals surface area contributed by atoms with E-state index in [1.807, 2.05) is 6.92 Å². The van der Waals surface area contributed by atoms with Crippen LogP contribution in [0.25, 0.3) is 0 Å². The Balaban J connectivity index is 3.20. The number of hydrogen-bond acceptors (Lipinski definition) is 4. The van der Waals surface area contributed by atoms with Gasteiger partial charge in [0.05, 0.1) is 5.76 Å². The Kier molecular flexibility index (Phi) is 5.09. The highest BCUT2D eigenvalue weighted by molar-refractivity contribution is 7.90. The summed E-state index contributed by atoms with van der Waals surface area (Å²) >= 11 is 0. The molecule has 4 N–H and O–H groups in total. The van der Waals surface area contributed by atoms with Crippen LogP contribution < -0.4 is 11.1 Å². The van der Waals surface area contributed by atoms with Crippen molar-refractivity contribution in [3.63, 3.8) is 0 Å². The summed E-state index contributed by atoms with van der Waals surface area (Å²) in [4.78, 5) is -0.578. The lowest BCUT2D eigenvalue weighted by molar-refractivity contribution is 0.415. The first-order chi connectivity index (χ1) is 9.26. The number of nitrogens with two attached hydrogens (primary N) is 1. The van der Waals surface area contributed by atoms with Crippen LogP contribution in [0.4, 0.5) is 10.1 Å². The molecule has 110 valence electrons. The number of aliphatic hydroxyl groups excluding tert-OH is 1. The van der Waals surface area contributed by atoms with Gasteiger partial charge >= 0.3 is 0 Å². The third kappa shape index (κ3) is 4.23. The number of benzene rings is 1. The van der Waals surface area contributed by atoms with Crippen molar-refractivity contribution >= 4 is 21.5 Å². The zero-order chi connectivity index (χ0) is 15.3. The first-order valence-electron chi connectivity index (χ1n) is 5.77. The number of aliphatic hydroxyl groups is 1. The number of halogens is 1. The van der Waals surface area contributed by atoms with Crippen molar-refractivity contribution in [1.29, 1.82) is 0 Å². The number of amidine groups is 1. The SMILES string of the molecule is CCNc1ccc(S(=O)(=O)/N=C(N)\C=C(\C)O)c(F)c1. The maximum Gasteiger partial charge on any atom is 0.287 e. The van der Waals surface area contributed by atoms with Gasteiger partial charge in [0.1, 0.15) is 16.5 Å². The van der Waals surface area contributed by atoms with Gasteiger partial charge in [-0.3, -0.25) is 0 Å². The lowest BCUT2D eigenvalue weighted by Gasteiger charge is -2.06. The third-order valence-corrected chi connectivity index (χ3v) is 3.51. The van der Waals surface area contributed by atoms with Gasteiger partial charge in [-0.15, -0.1) is 4.40 Å². The summed E-state index contributed by atoms with van der Waals surface area (Å²) < 4.78 is 40.8. The number of nitrogens with one attached hydrogen (secondary N) is 1. The zero-order valence-corrected chi connectivity index (χ0v) is 11.9. The molecule has 0 fully saturated rings. The number of sulfonamides is 1. The van der Waals surface area contributed by atoms with E-state index in [1.165, 1.54) is 13.0 Å². The molecule has 1 aromatic carbocycles. The largest absolute Gasteiger partial charge is 0.512 e. The van der Waals surface area contributed by atoms with Crippen LogP contribution in [0.2, 0.25) is 0 Å². The van der Waals surface area contributed by atoms with Crippen molar-refractivity contribution in [2.45, 2.75) is 18.7 Å². The second-order valence-corrected chi connectivity index (χ2v) is 5.53. The summed E-state index contributed by atoms with van der Waals surface area (Å²) in [6.45, 7) is 3.72. The van der Waals surface area contributed by atoms with E-state index in [-0.39, 0.29) is 5.76 Å². The molecule has 0 saturated carbocycles. The van der Waals surface area contributed by atoms with Crippen LogP contribution in [-0.2, 0) is 10.0 Å². The maximum atomic E-state index is 13.8. The maximum absolute atomic E-state index is 13.8. The van der Waals surface area contributed by atoms with Crippen molar-refractivity contribution in [3.05, 3.63) is 35.9 Å². The van der Waals surface area contributed by atoms with E-state index in [2.05, 4.69) is 9.71 Å². The van der Waals surface area contributed by atoms with Gasteiger partial charge < -0.3 is 16.2 Å². The second kappa shape index (κ2) is 6.38. The Bertz CT molecular complexity index is 650. The summed E-state index contributed by atoms with van der Waals surface area (Å²) in [5.74, 6) is -1.56. The van der Waals surface area contributed by atoms with E-state index in [1.54, 1.807) is 0 Å². The summed E-state index contributed by atoms with van der Waals surface area (Å²) in [5, 5.41) is 11.8. The fourth-order valence-electron chi connectivity index (χ4n) is 1.45. The molecule has 6 nitrogen and oxygen atoms in total. The fourth-order valence-corrected chi connectivity index (χ4v) is 2.43. The summed E-state index contributed by atoms with van der Waals surface area (Å²) in [7, 11) is -4.26. The Morgan fingerprint density at radius 3 is 2.70 bits per heavy atom. The van der Waals surface area contributed by atoms with Crippen LogP contribution in [0.15, 0.2) is 39.3 Å². The fraction of sp³-hybridized carbons (Fsp3) is 0.250. The molecule has 0 aromatic heterocycles. The minimum atomic E-state index is -4.26. The van der Waals surface area contributed by atoms with E-state index in [0.29, 0.717) is 12.2 Å². The number of hydrogen-bond donors (Lipinski definition) is 3. The van der Waals surface area contributed by atoms with E-state index >= 15 is 0 Å². The Morgan fingerprint density at radius 1 is 1.55 bits per heavy atom. The number of rotatable bonds is 5. The van der Waals surface area contributed by atoms with Crippen LogP contribution in [0, 0.1) is 5.82 Å². The van der Waals surface area contributed by atoms with Gasteiger partial charge in [-0.25, -0.2) is 4.39 Å². The first-order valence-corrected chi connectivity index (χ1v) is 7.21. The average molecular weight is 301 g/mol. The van der Waals surface area contributed by atoms with E-state index < -0.39 is 26.6 Å². The van der Waals surface area contributed by atoms with E-state index in [9.17, 15) is 12.8 Å². The second-order valence-electron chi connectivity index (χ2n) is 3.95. The lowest BCUT2D eigenvalue weighted by atomic mass is 10.3. The van der Waals surface area contributed by atoms with Gasteiger partial charge in [0, 0.05) is 18.3 Å². The smallest absolute Gasteiger partial charge is 0.287 e. The monoisotopic (exact) mass is 301 g/mol. The molecule has 1 rings (SSSR count). The van der Waals surface area contributed by atoms with Crippen LogP contribution in [-0.4, -0.2) is 25.9 Å². The van der Waals surface area contributed by atoms with Crippen molar-refractivity contribution in [2.75, 3.05) is 11.9 Å². The molecule has 0 aliphatic heterocycles. The predicted octanol–water partition coefficient (Wildman–Crippen LogP) is 1.77. The van der Waals surface area contributed by atoms with Crippen molar-refractivity contribution in [3.8, 4) is 0 Å². The van der Waals surface area contributed by atoms with Gasteiger partial charge in [0.15, 0.2) is 0 Å². The summed E-state index contributed by atoms with van der Waals surface area (Å²) in [5.41, 5.74) is 5.79. The summed E-state index contributed by atoms with van der Waals surface area (Å²) in [6, 6.07) is 3.60. The van der Waals surface area contributed by atoms with Gasteiger partial charge in [0.25, 0.3) is 10.0 Å². The van der Waals surface area contributed by atoms with Crippen molar-refractivity contribution in [2.24, 2.45) is 10.1 Å². The molecule has 0 spiro atoms. The highest BCUT2D eigenvalue weighted by atomic mass is 32.2. The van der Waals surface area contributed by atoms with Gasteiger partial charge in [-0.05, 0) is 32.0 Å². The van der Waals surface area contributed by atoms with Crippen LogP contribution in [0.1, 0.15) is 13.8 Å². The summed E-state index contributed by atoms with van der Waals surface area (Å²) in [6.07, 6.45) is 0.961. The third-order valence-electron chi connectivity index (χ3n) is 2.17. The normalized spacial score (nSPS) is 13.3. The molecule has 0 heterocycles. The molecular formula is C12H16FN3O3S. The number of nitrogens with zero attached hydrogens (tertiary/aromatic N) is 1. The average Bonchev–Trinajstić information content (AvgIpc) is 2.26. The Morgan fingerprint density at radius 2 is 2.20 bits per heavy atom. The molecule has 20 heavy (non-hydrogen) atoms. The molecule has 0 saturated heterocycles.